The summed E-state index contributed by atoms with van der Waals surface area (Å²) >= 11 is 6.25. The first-order valence-electron chi connectivity index (χ1n) is 11.2. The minimum atomic E-state index is -0.270. The van der Waals surface area contributed by atoms with Gasteiger partial charge in [0.15, 0.2) is 5.65 Å². The van der Waals surface area contributed by atoms with E-state index in [2.05, 4.69) is 17.4 Å². The number of nitrogen functional groups attached to an aromatic ring is 1. The Balaban J connectivity index is 1.55. The fourth-order valence-electron chi connectivity index (χ4n) is 4.16. The maximum Gasteiger partial charge on any atom is 0.257 e. The summed E-state index contributed by atoms with van der Waals surface area (Å²) < 4.78 is 1.74. The van der Waals surface area contributed by atoms with Crippen LogP contribution in [0.1, 0.15) is 29.3 Å². The Hall–Kier alpha value is -3.90. The number of fused-ring (bicyclic) bond motifs is 2. The standard InChI is InChI=1S/C27H24ClN5O/c1-17(14-15-18-8-3-2-4-9-18)30-27(34)23-24-26(32-22-13-6-5-12-21(22)31-24)33(25(23)29)20-11-7-10-19(28)16-20/h2-13,16-17H,14-15,29H2,1H3,(H,30,34). The van der Waals surface area contributed by atoms with E-state index < -0.39 is 0 Å². The molecular weight excluding hydrogens is 446 g/mol. The highest BCUT2D eigenvalue weighted by atomic mass is 35.5. The van der Waals surface area contributed by atoms with Gasteiger partial charge in [0, 0.05) is 11.1 Å². The maximum absolute atomic E-state index is 13.5. The molecule has 1 amide bonds. The van der Waals surface area contributed by atoms with Gasteiger partial charge >= 0.3 is 0 Å². The summed E-state index contributed by atoms with van der Waals surface area (Å²) in [4.78, 5) is 23.0. The molecule has 0 radical (unpaired) electrons. The number of anilines is 1. The van der Waals surface area contributed by atoms with Crippen molar-refractivity contribution in [1.82, 2.24) is 19.9 Å². The molecule has 1 unspecified atom stereocenters. The van der Waals surface area contributed by atoms with Crippen LogP contribution in [-0.2, 0) is 6.42 Å². The fourth-order valence-corrected chi connectivity index (χ4v) is 4.34. The number of halogens is 1. The van der Waals surface area contributed by atoms with Crippen molar-refractivity contribution in [3.63, 3.8) is 0 Å². The van der Waals surface area contributed by atoms with E-state index in [1.54, 1.807) is 16.7 Å². The lowest BCUT2D eigenvalue weighted by atomic mass is 10.1. The second kappa shape index (κ2) is 9.15. The summed E-state index contributed by atoms with van der Waals surface area (Å²) in [7, 11) is 0. The number of nitrogens with zero attached hydrogens (tertiary/aromatic N) is 3. The van der Waals surface area contributed by atoms with E-state index in [9.17, 15) is 4.79 Å². The summed E-state index contributed by atoms with van der Waals surface area (Å²) in [6.07, 6.45) is 1.67. The molecule has 34 heavy (non-hydrogen) atoms. The minimum absolute atomic E-state index is 0.0508. The van der Waals surface area contributed by atoms with Crippen LogP contribution in [0.15, 0.2) is 78.9 Å². The van der Waals surface area contributed by atoms with Gasteiger partial charge in [-0.15, -0.1) is 0 Å². The third-order valence-corrected chi connectivity index (χ3v) is 6.11. The van der Waals surface area contributed by atoms with Gasteiger partial charge in [-0.2, -0.15) is 0 Å². The number of rotatable bonds is 6. The number of aryl methyl sites for hydroxylation is 1. The number of hydrogen-bond acceptors (Lipinski definition) is 4. The lowest BCUT2D eigenvalue weighted by Crippen LogP contribution is -2.33. The van der Waals surface area contributed by atoms with Crippen molar-refractivity contribution in [1.29, 1.82) is 0 Å². The van der Waals surface area contributed by atoms with E-state index >= 15 is 0 Å². The molecule has 6 nitrogen and oxygen atoms in total. The Kier molecular flexibility index (Phi) is 5.90. The van der Waals surface area contributed by atoms with E-state index in [0.29, 0.717) is 27.3 Å². The largest absolute Gasteiger partial charge is 0.384 e. The van der Waals surface area contributed by atoms with Crippen LogP contribution in [0.3, 0.4) is 0 Å². The third kappa shape index (κ3) is 4.20. The van der Waals surface area contributed by atoms with Crippen LogP contribution in [0.5, 0.6) is 0 Å². The monoisotopic (exact) mass is 469 g/mol. The number of para-hydroxylation sites is 2. The molecule has 3 N–H and O–H groups in total. The molecule has 7 heteroatoms. The van der Waals surface area contributed by atoms with E-state index in [-0.39, 0.29) is 17.8 Å². The van der Waals surface area contributed by atoms with E-state index in [1.165, 1.54) is 5.56 Å². The zero-order valence-electron chi connectivity index (χ0n) is 18.7. The molecule has 0 saturated carbocycles. The van der Waals surface area contributed by atoms with Crippen molar-refractivity contribution in [2.24, 2.45) is 0 Å². The summed E-state index contributed by atoms with van der Waals surface area (Å²) in [6, 6.07) is 25.0. The van der Waals surface area contributed by atoms with Gasteiger partial charge in [0.2, 0.25) is 0 Å². The van der Waals surface area contributed by atoms with Gasteiger partial charge in [-0.25, -0.2) is 9.97 Å². The van der Waals surface area contributed by atoms with Crippen LogP contribution in [-0.4, -0.2) is 26.5 Å². The number of nitrogens with one attached hydrogen (secondary N) is 1. The molecule has 0 aliphatic rings. The number of benzene rings is 3. The van der Waals surface area contributed by atoms with Crippen molar-refractivity contribution in [3.05, 3.63) is 95.0 Å². The number of carbonyl (C=O) groups excluding carboxylic acids is 1. The molecule has 0 aliphatic heterocycles. The summed E-state index contributed by atoms with van der Waals surface area (Å²) in [5.74, 6) is 0.00810. The molecular formula is C27H24ClN5O. The average molecular weight is 470 g/mol. The van der Waals surface area contributed by atoms with Gasteiger partial charge in [-0.05, 0) is 55.7 Å². The smallest absolute Gasteiger partial charge is 0.257 e. The average Bonchev–Trinajstić information content (AvgIpc) is 3.12. The number of aromatic nitrogens is 3. The Morgan fingerprint density at radius 1 is 1.00 bits per heavy atom. The fraction of sp³-hybridized carbons (Fsp3) is 0.148. The van der Waals surface area contributed by atoms with E-state index in [0.717, 1.165) is 24.0 Å². The molecule has 0 bridgehead atoms. The second-order valence-corrected chi connectivity index (χ2v) is 8.80. The highest BCUT2D eigenvalue weighted by molar-refractivity contribution is 6.30. The molecule has 5 rings (SSSR count). The Bertz CT molecular complexity index is 1500. The predicted octanol–water partition coefficient (Wildman–Crippen LogP) is 5.56. The molecule has 0 fully saturated rings. The van der Waals surface area contributed by atoms with Gasteiger partial charge in [0.05, 0.1) is 16.7 Å². The van der Waals surface area contributed by atoms with Crippen molar-refractivity contribution in [2.75, 3.05) is 5.73 Å². The normalized spacial score (nSPS) is 12.2. The van der Waals surface area contributed by atoms with Crippen molar-refractivity contribution >= 4 is 45.5 Å². The SMILES string of the molecule is CC(CCc1ccccc1)NC(=O)c1c(N)n(-c2cccc(Cl)c2)c2nc3ccccc3nc12. The lowest BCUT2D eigenvalue weighted by molar-refractivity contribution is 0.0941. The first-order chi connectivity index (χ1) is 16.5. The van der Waals surface area contributed by atoms with Gasteiger partial charge in [-0.3, -0.25) is 9.36 Å². The number of nitrogens with two attached hydrogens (primary N) is 1. The number of carbonyl (C=O) groups is 1. The molecule has 1 atom stereocenters. The van der Waals surface area contributed by atoms with Crippen molar-refractivity contribution in [3.8, 4) is 5.69 Å². The molecule has 3 aromatic carbocycles. The summed E-state index contributed by atoms with van der Waals surface area (Å²) in [6.45, 7) is 1.99. The Labute approximate surface area is 202 Å². The molecule has 170 valence electrons. The quantitative estimate of drug-likeness (QED) is 0.341. The van der Waals surface area contributed by atoms with Crippen LogP contribution in [0, 0.1) is 0 Å². The van der Waals surface area contributed by atoms with E-state index in [1.807, 2.05) is 61.5 Å². The van der Waals surface area contributed by atoms with Gasteiger partial charge in [-0.1, -0.05) is 60.1 Å². The highest BCUT2D eigenvalue weighted by Crippen LogP contribution is 2.31. The summed E-state index contributed by atoms with van der Waals surface area (Å²) in [5.41, 5.74) is 11.2. The molecule has 0 spiro atoms. The number of hydrogen-bond donors (Lipinski definition) is 2. The topological polar surface area (TPSA) is 85.8 Å². The van der Waals surface area contributed by atoms with Crippen LogP contribution in [0.4, 0.5) is 5.82 Å². The second-order valence-electron chi connectivity index (χ2n) is 8.36. The molecule has 0 aliphatic carbocycles. The number of amides is 1. The van der Waals surface area contributed by atoms with Crippen molar-refractivity contribution < 1.29 is 4.79 Å². The Morgan fingerprint density at radius 2 is 1.71 bits per heavy atom. The van der Waals surface area contributed by atoms with Crippen LogP contribution in [0.25, 0.3) is 27.9 Å². The molecule has 0 saturated heterocycles. The Morgan fingerprint density at radius 3 is 2.44 bits per heavy atom. The van der Waals surface area contributed by atoms with Crippen LogP contribution >= 0.6 is 11.6 Å². The molecule has 5 aromatic rings. The molecule has 2 aromatic heterocycles. The molecule has 2 heterocycles. The summed E-state index contributed by atoms with van der Waals surface area (Å²) in [5, 5.41) is 3.66. The predicted molar refractivity (Wildman–Crippen MR) is 137 cm³/mol. The minimum Gasteiger partial charge on any atom is -0.384 e. The first kappa shape index (κ1) is 21.9. The first-order valence-corrected chi connectivity index (χ1v) is 11.6. The van der Waals surface area contributed by atoms with Crippen molar-refractivity contribution in [2.45, 2.75) is 25.8 Å². The van der Waals surface area contributed by atoms with Gasteiger partial charge < -0.3 is 11.1 Å². The van der Waals surface area contributed by atoms with Gasteiger partial charge in [0.25, 0.3) is 5.91 Å². The third-order valence-electron chi connectivity index (χ3n) is 5.88. The zero-order chi connectivity index (χ0) is 23.7. The van der Waals surface area contributed by atoms with E-state index in [4.69, 9.17) is 27.3 Å². The zero-order valence-corrected chi connectivity index (χ0v) is 19.5. The van der Waals surface area contributed by atoms with Gasteiger partial charge in [0.1, 0.15) is 16.9 Å². The highest BCUT2D eigenvalue weighted by Gasteiger charge is 2.25. The lowest BCUT2D eigenvalue weighted by Gasteiger charge is -2.14. The maximum atomic E-state index is 13.5. The van der Waals surface area contributed by atoms with Crippen LogP contribution < -0.4 is 11.1 Å². The van der Waals surface area contributed by atoms with Crippen LogP contribution in [0.2, 0.25) is 5.02 Å².